The minimum atomic E-state index is -2.99. The van der Waals surface area contributed by atoms with Gasteiger partial charge in [-0.05, 0) is 13.3 Å². The van der Waals surface area contributed by atoms with Crippen LogP contribution in [0.15, 0.2) is 16.0 Å². The summed E-state index contributed by atoms with van der Waals surface area (Å²) in [4.78, 5) is 29.4. The van der Waals surface area contributed by atoms with Crippen LogP contribution >= 0.6 is 11.8 Å². The van der Waals surface area contributed by atoms with Crippen molar-refractivity contribution in [2.75, 3.05) is 23.4 Å². The molecular weight excluding hydrogens is 318 g/mol. The molecule has 0 radical (unpaired) electrons. The van der Waals surface area contributed by atoms with Crippen molar-refractivity contribution in [3.63, 3.8) is 0 Å². The summed E-state index contributed by atoms with van der Waals surface area (Å²) in [5.74, 6) is 0.285. The molecule has 1 aromatic rings. The second-order valence-corrected chi connectivity index (χ2v) is 7.94. The molecule has 0 spiro atoms. The van der Waals surface area contributed by atoms with Gasteiger partial charge in [-0.1, -0.05) is 11.8 Å². The summed E-state index contributed by atoms with van der Waals surface area (Å²) in [7, 11) is -2.99. The highest BCUT2D eigenvalue weighted by Gasteiger charge is 2.29. The van der Waals surface area contributed by atoms with Crippen LogP contribution in [0, 0.1) is 0 Å². The van der Waals surface area contributed by atoms with E-state index in [0.29, 0.717) is 6.42 Å². The Labute approximate surface area is 125 Å². The number of thioether (sulfide) groups is 1. The first-order chi connectivity index (χ1) is 9.88. The minimum absolute atomic E-state index is 0.0664. The number of rotatable bonds is 4. The summed E-state index contributed by atoms with van der Waals surface area (Å²) in [5.41, 5.74) is -0.430. The third-order valence-electron chi connectivity index (χ3n) is 2.69. The first-order valence-electron chi connectivity index (χ1n) is 6.30. The van der Waals surface area contributed by atoms with Gasteiger partial charge in [-0.25, -0.2) is 18.2 Å². The van der Waals surface area contributed by atoms with Gasteiger partial charge in [-0.3, -0.25) is 10.1 Å². The van der Waals surface area contributed by atoms with Gasteiger partial charge >= 0.3 is 6.09 Å². The molecule has 1 fully saturated rings. The van der Waals surface area contributed by atoms with E-state index >= 15 is 0 Å². The van der Waals surface area contributed by atoms with Crippen molar-refractivity contribution in [2.45, 2.75) is 23.8 Å². The average Bonchev–Trinajstić information content (AvgIpc) is 2.67. The standard InChI is InChI=1S/C11H15N3O5S2/c1-2-19-11(16)13-8-5-9(15)14-10(12-8)20-7-3-4-21(17,18)6-7/h5,7H,2-4,6H2,1H3,(H2,12,13,14,15,16)/t7-/m0/s1. The molecule has 1 amide bonds. The highest BCUT2D eigenvalue weighted by Crippen LogP contribution is 2.28. The third-order valence-corrected chi connectivity index (χ3v) is 5.83. The van der Waals surface area contributed by atoms with E-state index in [2.05, 4.69) is 15.3 Å². The lowest BCUT2D eigenvalue weighted by atomic mass is 10.4. The predicted octanol–water partition coefficient (Wildman–Crippen LogP) is 0.617. The topological polar surface area (TPSA) is 118 Å². The van der Waals surface area contributed by atoms with Gasteiger partial charge in [0.05, 0.1) is 18.1 Å². The summed E-state index contributed by atoms with van der Waals surface area (Å²) in [5, 5.41) is 2.47. The van der Waals surface area contributed by atoms with Gasteiger partial charge in [0.15, 0.2) is 15.0 Å². The molecule has 1 atom stereocenters. The van der Waals surface area contributed by atoms with Crippen molar-refractivity contribution in [1.29, 1.82) is 0 Å². The zero-order chi connectivity index (χ0) is 15.5. The number of hydrogen-bond acceptors (Lipinski definition) is 7. The predicted molar refractivity (Wildman–Crippen MR) is 78.4 cm³/mol. The zero-order valence-corrected chi connectivity index (χ0v) is 12.9. The molecule has 1 aliphatic rings. The SMILES string of the molecule is CCOC(=O)Nc1cc(=O)[nH]c(S[C@H]2CCS(=O)(=O)C2)n1. The fraction of sp³-hybridized carbons (Fsp3) is 0.545. The summed E-state index contributed by atoms with van der Waals surface area (Å²) in [6.45, 7) is 1.86. The average molecular weight is 333 g/mol. The summed E-state index contributed by atoms with van der Waals surface area (Å²) < 4.78 is 27.5. The second-order valence-electron chi connectivity index (χ2n) is 4.42. The van der Waals surface area contributed by atoms with Crippen LogP contribution in [0.4, 0.5) is 10.6 Å². The Morgan fingerprint density at radius 2 is 2.38 bits per heavy atom. The van der Waals surface area contributed by atoms with E-state index in [1.807, 2.05) is 0 Å². The van der Waals surface area contributed by atoms with Crippen molar-refractivity contribution in [1.82, 2.24) is 9.97 Å². The van der Waals surface area contributed by atoms with Gasteiger partial charge in [-0.2, -0.15) is 0 Å². The fourth-order valence-electron chi connectivity index (χ4n) is 1.84. The van der Waals surface area contributed by atoms with Crippen LogP contribution < -0.4 is 10.9 Å². The lowest BCUT2D eigenvalue weighted by Crippen LogP contribution is -2.18. The molecule has 1 saturated heterocycles. The largest absolute Gasteiger partial charge is 0.450 e. The van der Waals surface area contributed by atoms with Gasteiger partial charge in [0, 0.05) is 11.3 Å². The lowest BCUT2D eigenvalue weighted by molar-refractivity contribution is 0.168. The van der Waals surface area contributed by atoms with Gasteiger partial charge in [0.25, 0.3) is 5.56 Å². The number of amides is 1. The monoisotopic (exact) mass is 333 g/mol. The number of H-pyrrole nitrogens is 1. The van der Waals surface area contributed by atoms with E-state index in [0.717, 1.165) is 6.07 Å². The number of carbonyl (C=O) groups is 1. The van der Waals surface area contributed by atoms with Crippen LogP contribution in [0.3, 0.4) is 0 Å². The van der Waals surface area contributed by atoms with Gasteiger partial charge in [0.2, 0.25) is 0 Å². The van der Waals surface area contributed by atoms with E-state index < -0.39 is 21.5 Å². The highest BCUT2D eigenvalue weighted by molar-refractivity contribution is 8.01. The normalized spacial score (nSPS) is 20.1. The number of sulfone groups is 1. The molecule has 21 heavy (non-hydrogen) atoms. The van der Waals surface area contributed by atoms with Crippen molar-refractivity contribution in [2.24, 2.45) is 0 Å². The number of hydrogen-bond donors (Lipinski definition) is 2. The molecular formula is C11H15N3O5S2. The molecule has 0 aliphatic carbocycles. The van der Waals surface area contributed by atoms with Crippen LogP contribution in [-0.4, -0.2) is 47.8 Å². The minimum Gasteiger partial charge on any atom is -0.450 e. The van der Waals surface area contributed by atoms with E-state index in [1.54, 1.807) is 6.92 Å². The Bertz CT molecular complexity index is 685. The van der Waals surface area contributed by atoms with Crippen LogP contribution in [0.5, 0.6) is 0 Å². The molecule has 2 rings (SSSR count). The molecule has 116 valence electrons. The first kappa shape index (κ1) is 15.8. The first-order valence-corrected chi connectivity index (χ1v) is 9.00. The lowest BCUT2D eigenvalue weighted by Gasteiger charge is -2.08. The number of ether oxygens (including phenoxy) is 1. The van der Waals surface area contributed by atoms with Crippen LogP contribution in [0.25, 0.3) is 0 Å². The molecule has 0 unspecified atom stereocenters. The summed E-state index contributed by atoms with van der Waals surface area (Å²) >= 11 is 1.18. The smallest absolute Gasteiger partial charge is 0.412 e. The number of carbonyl (C=O) groups excluding carboxylic acids is 1. The van der Waals surface area contributed by atoms with Crippen LogP contribution in [0.2, 0.25) is 0 Å². The number of nitrogens with zero attached hydrogens (tertiary/aromatic N) is 1. The molecule has 10 heteroatoms. The maximum absolute atomic E-state index is 11.5. The summed E-state index contributed by atoms with van der Waals surface area (Å²) in [6.07, 6.45) is -0.179. The van der Waals surface area contributed by atoms with Gasteiger partial charge in [-0.15, -0.1) is 0 Å². The Morgan fingerprint density at radius 1 is 1.62 bits per heavy atom. The highest BCUT2D eigenvalue weighted by atomic mass is 32.2. The molecule has 1 aliphatic heterocycles. The molecule has 0 aromatic carbocycles. The van der Waals surface area contributed by atoms with Crippen molar-refractivity contribution in [3.05, 3.63) is 16.4 Å². The van der Waals surface area contributed by atoms with E-state index in [4.69, 9.17) is 4.74 Å². The zero-order valence-electron chi connectivity index (χ0n) is 11.3. The van der Waals surface area contributed by atoms with Crippen molar-refractivity contribution < 1.29 is 17.9 Å². The van der Waals surface area contributed by atoms with Crippen molar-refractivity contribution >= 4 is 33.5 Å². The Kier molecular flexibility index (Phi) is 4.88. The van der Waals surface area contributed by atoms with E-state index in [1.165, 1.54) is 11.8 Å². The number of nitrogens with one attached hydrogen (secondary N) is 2. The summed E-state index contributed by atoms with van der Waals surface area (Å²) in [6, 6.07) is 1.13. The molecule has 0 bridgehead atoms. The number of aromatic amines is 1. The molecule has 2 N–H and O–H groups in total. The Morgan fingerprint density at radius 3 is 3.00 bits per heavy atom. The maximum atomic E-state index is 11.5. The fourth-order valence-corrected chi connectivity index (χ4v) is 5.29. The number of anilines is 1. The molecule has 8 nitrogen and oxygen atoms in total. The quantitative estimate of drug-likeness (QED) is 0.775. The number of aromatic nitrogens is 2. The second kappa shape index (κ2) is 6.48. The van der Waals surface area contributed by atoms with Gasteiger partial charge < -0.3 is 9.72 Å². The maximum Gasteiger partial charge on any atom is 0.412 e. The van der Waals surface area contributed by atoms with Crippen LogP contribution in [-0.2, 0) is 14.6 Å². The molecule has 0 saturated carbocycles. The van der Waals surface area contributed by atoms with E-state index in [-0.39, 0.29) is 34.3 Å². The van der Waals surface area contributed by atoms with Crippen molar-refractivity contribution in [3.8, 4) is 0 Å². The van der Waals surface area contributed by atoms with Crippen LogP contribution in [0.1, 0.15) is 13.3 Å². The molecule has 2 heterocycles. The molecule has 1 aromatic heterocycles. The van der Waals surface area contributed by atoms with Gasteiger partial charge in [0.1, 0.15) is 5.82 Å². The Hall–Kier alpha value is -1.55. The third kappa shape index (κ3) is 4.74. The Balaban J connectivity index is 2.08. The van der Waals surface area contributed by atoms with E-state index in [9.17, 15) is 18.0 Å².